The molecule has 1 amide bonds. The Hall–Kier alpha value is -0.870. The van der Waals surface area contributed by atoms with Crippen LogP contribution >= 0.6 is 15.9 Å². The number of amides is 1. The van der Waals surface area contributed by atoms with Crippen LogP contribution in [0.15, 0.2) is 28.7 Å². The Balaban J connectivity index is 1.75. The van der Waals surface area contributed by atoms with Crippen LogP contribution in [0.3, 0.4) is 0 Å². The number of rotatable bonds is 4. The van der Waals surface area contributed by atoms with E-state index in [-0.39, 0.29) is 11.8 Å². The molecule has 0 atom stereocenters. The van der Waals surface area contributed by atoms with Crippen LogP contribution in [0.5, 0.6) is 0 Å². The van der Waals surface area contributed by atoms with Crippen molar-refractivity contribution in [3.63, 3.8) is 0 Å². The number of halogens is 1. The molecule has 0 spiro atoms. The highest BCUT2D eigenvalue weighted by Crippen LogP contribution is 2.24. The number of hydrogen-bond acceptors (Lipinski definition) is 2. The minimum Gasteiger partial charge on any atom is -0.369 e. The second-order valence-corrected chi connectivity index (χ2v) is 5.87. The SMILES string of the molecule is NC(=O)C1CCC(NCc2ccc(Br)cc2)CC1. The predicted molar refractivity (Wildman–Crippen MR) is 75.9 cm³/mol. The number of nitrogens with two attached hydrogens (primary N) is 1. The van der Waals surface area contributed by atoms with Gasteiger partial charge in [0.2, 0.25) is 5.91 Å². The van der Waals surface area contributed by atoms with Gasteiger partial charge in [0.15, 0.2) is 0 Å². The second-order valence-electron chi connectivity index (χ2n) is 4.96. The third-order valence-electron chi connectivity index (χ3n) is 3.64. The highest BCUT2D eigenvalue weighted by Gasteiger charge is 2.24. The lowest BCUT2D eigenvalue weighted by molar-refractivity contribution is -0.122. The summed E-state index contributed by atoms with van der Waals surface area (Å²) >= 11 is 3.43. The molecule has 0 radical (unpaired) electrons. The summed E-state index contributed by atoms with van der Waals surface area (Å²) in [5.41, 5.74) is 6.62. The van der Waals surface area contributed by atoms with Crippen molar-refractivity contribution in [3.05, 3.63) is 34.3 Å². The van der Waals surface area contributed by atoms with Crippen LogP contribution < -0.4 is 11.1 Å². The number of nitrogens with one attached hydrogen (secondary N) is 1. The minimum atomic E-state index is -0.138. The molecular weight excluding hydrogens is 292 g/mol. The van der Waals surface area contributed by atoms with E-state index >= 15 is 0 Å². The van der Waals surface area contributed by atoms with Crippen molar-refractivity contribution in [2.75, 3.05) is 0 Å². The maximum absolute atomic E-state index is 11.1. The Kier molecular flexibility index (Phi) is 4.78. The van der Waals surface area contributed by atoms with Gasteiger partial charge in [-0.15, -0.1) is 0 Å². The fraction of sp³-hybridized carbons (Fsp3) is 0.500. The monoisotopic (exact) mass is 310 g/mol. The topological polar surface area (TPSA) is 55.1 Å². The van der Waals surface area contributed by atoms with Gasteiger partial charge in [0.1, 0.15) is 0 Å². The molecule has 1 saturated carbocycles. The highest BCUT2D eigenvalue weighted by atomic mass is 79.9. The van der Waals surface area contributed by atoms with Crippen LogP contribution in [0.2, 0.25) is 0 Å². The molecule has 0 heterocycles. The first kappa shape index (κ1) is 13.6. The fourth-order valence-electron chi connectivity index (χ4n) is 2.45. The number of benzene rings is 1. The van der Waals surface area contributed by atoms with Gasteiger partial charge in [-0.1, -0.05) is 28.1 Å². The number of carbonyl (C=O) groups is 1. The normalized spacial score (nSPS) is 23.8. The van der Waals surface area contributed by atoms with Crippen molar-refractivity contribution >= 4 is 21.8 Å². The van der Waals surface area contributed by atoms with Crippen molar-refractivity contribution in [1.82, 2.24) is 5.32 Å². The molecule has 0 unspecified atom stereocenters. The summed E-state index contributed by atoms with van der Waals surface area (Å²) in [6.07, 6.45) is 3.94. The first-order chi connectivity index (χ1) is 8.65. The quantitative estimate of drug-likeness (QED) is 0.898. The first-order valence-corrected chi connectivity index (χ1v) is 7.21. The predicted octanol–water partition coefficient (Wildman–Crippen LogP) is 2.58. The van der Waals surface area contributed by atoms with E-state index in [2.05, 4.69) is 45.5 Å². The molecule has 0 aliphatic heterocycles. The van der Waals surface area contributed by atoms with Crippen molar-refractivity contribution in [1.29, 1.82) is 0 Å². The molecule has 3 nitrogen and oxygen atoms in total. The molecule has 0 bridgehead atoms. The zero-order chi connectivity index (χ0) is 13.0. The van der Waals surface area contributed by atoms with Gasteiger partial charge >= 0.3 is 0 Å². The Morgan fingerprint density at radius 2 is 1.83 bits per heavy atom. The maximum atomic E-state index is 11.1. The van der Waals surface area contributed by atoms with Gasteiger partial charge in [0.05, 0.1) is 0 Å². The number of primary amides is 1. The molecule has 0 aromatic heterocycles. The largest absolute Gasteiger partial charge is 0.369 e. The lowest BCUT2D eigenvalue weighted by Gasteiger charge is -2.27. The molecule has 1 aliphatic rings. The Bertz CT molecular complexity index is 397. The summed E-state index contributed by atoms with van der Waals surface area (Å²) < 4.78 is 1.10. The standard InChI is InChI=1S/C14H19BrN2O/c15-12-5-1-10(2-6-12)9-17-13-7-3-11(4-8-13)14(16)18/h1-2,5-6,11,13,17H,3-4,7-9H2,(H2,16,18). The van der Waals surface area contributed by atoms with Gasteiger partial charge in [-0.05, 0) is 43.4 Å². The molecular formula is C14H19BrN2O. The summed E-state index contributed by atoms with van der Waals surface area (Å²) in [5, 5.41) is 3.55. The smallest absolute Gasteiger partial charge is 0.220 e. The molecule has 1 fully saturated rings. The van der Waals surface area contributed by atoms with Crippen LogP contribution in [0.25, 0.3) is 0 Å². The number of carbonyl (C=O) groups excluding carboxylic acids is 1. The molecule has 1 aliphatic carbocycles. The third-order valence-corrected chi connectivity index (χ3v) is 4.17. The third kappa shape index (κ3) is 3.82. The van der Waals surface area contributed by atoms with E-state index in [4.69, 9.17) is 5.73 Å². The molecule has 18 heavy (non-hydrogen) atoms. The van der Waals surface area contributed by atoms with Crippen LogP contribution in [-0.2, 0) is 11.3 Å². The van der Waals surface area contributed by atoms with E-state index in [0.717, 1.165) is 36.7 Å². The summed E-state index contributed by atoms with van der Waals surface area (Å²) in [4.78, 5) is 11.1. The minimum absolute atomic E-state index is 0.0933. The van der Waals surface area contributed by atoms with Crippen LogP contribution in [0, 0.1) is 5.92 Å². The highest BCUT2D eigenvalue weighted by molar-refractivity contribution is 9.10. The van der Waals surface area contributed by atoms with Crippen molar-refractivity contribution in [2.45, 2.75) is 38.3 Å². The van der Waals surface area contributed by atoms with Gasteiger partial charge in [-0.2, -0.15) is 0 Å². The van der Waals surface area contributed by atoms with Gasteiger partial charge in [0, 0.05) is 23.0 Å². The van der Waals surface area contributed by atoms with E-state index in [9.17, 15) is 4.79 Å². The zero-order valence-corrected chi connectivity index (χ0v) is 11.9. The Morgan fingerprint density at radius 1 is 1.22 bits per heavy atom. The van der Waals surface area contributed by atoms with Gasteiger partial charge in [-0.25, -0.2) is 0 Å². The van der Waals surface area contributed by atoms with E-state index in [0.29, 0.717) is 6.04 Å². The molecule has 1 aromatic rings. The summed E-state index contributed by atoms with van der Waals surface area (Å²) in [6, 6.07) is 8.87. The Morgan fingerprint density at radius 3 is 2.39 bits per heavy atom. The van der Waals surface area contributed by atoms with Gasteiger partial charge < -0.3 is 11.1 Å². The molecule has 1 aromatic carbocycles. The summed E-state index contributed by atoms with van der Waals surface area (Å²) in [5.74, 6) is -0.0444. The lowest BCUT2D eigenvalue weighted by atomic mass is 9.85. The Labute approximate surface area is 116 Å². The van der Waals surface area contributed by atoms with Crippen LogP contribution in [0.4, 0.5) is 0 Å². The first-order valence-electron chi connectivity index (χ1n) is 6.42. The maximum Gasteiger partial charge on any atom is 0.220 e. The summed E-state index contributed by atoms with van der Waals surface area (Å²) in [6.45, 7) is 0.888. The molecule has 2 rings (SSSR count). The fourth-order valence-corrected chi connectivity index (χ4v) is 2.71. The van der Waals surface area contributed by atoms with E-state index in [1.807, 2.05) is 0 Å². The van der Waals surface area contributed by atoms with Crippen molar-refractivity contribution in [3.8, 4) is 0 Å². The van der Waals surface area contributed by atoms with Crippen molar-refractivity contribution < 1.29 is 4.79 Å². The van der Waals surface area contributed by atoms with E-state index in [1.54, 1.807) is 0 Å². The molecule has 4 heteroatoms. The van der Waals surface area contributed by atoms with E-state index in [1.165, 1.54) is 5.56 Å². The van der Waals surface area contributed by atoms with Crippen LogP contribution in [-0.4, -0.2) is 11.9 Å². The van der Waals surface area contributed by atoms with Crippen molar-refractivity contribution in [2.24, 2.45) is 11.7 Å². The summed E-state index contributed by atoms with van der Waals surface area (Å²) in [7, 11) is 0. The van der Waals surface area contributed by atoms with E-state index < -0.39 is 0 Å². The molecule has 3 N–H and O–H groups in total. The lowest BCUT2D eigenvalue weighted by Crippen LogP contribution is -2.36. The molecule has 0 saturated heterocycles. The second kappa shape index (κ2) is 6.34. The zero-order valence-electron chi connectivity index (χ0n) is 10.4. The number of hydrogen-bond donors (Lipinski definition) is 2. The van der Waals surface area contributed by atoms with Gasteiger partial charge in [-0.3, -0.25) is 4.79 Å². The average Bonchev–Trinajstić information content (AvgIpc) is 2.38. The average molecular weight is 311 g/mol. The molecule has 98 valence electrons. The van der Waals surface area contributed by atoms with Gasteiger partial charge in [0.25, 0.3) is 0 Å². The van der Waals surface area contributed by atoms with Crippen LogP contribution in [0.1, 0.15) is 31.2 Å².